The first-order valence-electron chi connectivity index (χ1n) is 9.60. The van der Waals surface area contributed by atoms with Crippen molar-refractivity contribution in [2.24, 2.45) is 0 Å². The molecule has 1 amide bonds. The van der Waals surface area contributed by atoms with Crippen LogP contribution in [-0.4, -0.2) is 50.8 Å². The molecule has 0 N–H and O–H groups in total. The zero-order valence-corrected chi connectivity index (χ0v) is 16.9. The van der Waals surface area contributed by atoms with Gasteiger partial charge in [0.2, 0.25) is 11.7 Å². The second-order valence-corrected chi connectivity index (χ2v) is 7.22. The monoisotopic (exact) mass is 449 g/mol. The van der Waals surface area contributed by atoms with Crippen molar-refractivity contribution in [1.29, 1.82) is 0 Å². The van der Waals surface area contributed by atoms with E-state index in [4.69, 9.17) is 4.74 Å². The number of carbonyl (C=O) groups excluding carboxylic acids is 1. The number of hydrogen-bond donors (Lipinski definition) is 0. The van der Waals surface area contributed by atoms with Crippen LogP contribution < -0.4 is 5.56 Å². The number of halogens is 3. The SMILES string of the molecule is COCC(=O)N1CCc2c(ncn(Cc3ccc(-c4noc(C(F)(F)F)n4)cc3)c2=O)C1. The van der Waals surface area contributed by atoms with Gasteiger partial charge in [-0.1, -0.05) is 29.4 Å². The molecular formula is C20H18F3N5O4. The second kappa shape index (κ2) is 8.54. The minimum absolute atomic E-state index is 0.0240. The molecule has 168 valence electrons. The van der Waals surface area contributed by atoms with Crippen molar-refractivity contribution in [3.63, 3.8) is 0 Å². The van der Waals surface area contributed by atoms with Crippen molar-refractivity contribution < 1.29 is 27.2 Å². The minimum atomic E-state index is -4.71. The first-order chi connectivity index (χ1) is 15.3. The third-order valence-corrected chi connectivity index (χ3v) is 5.05. The normalized spacial score (nSPS) is 13.8. The summed E-state index contributed by atoms with van der Waals surface area (Å²) in [5.74, 6) is -1.75. The fourth-order valence-corrected chi connectivity index (χ4v) is 3.41. The number of fused-ring (bicyclic) bond motifs is 1. The Bertz CT molecular complexity index is 1190. The summed E-state index contributed by atoms with van der Waals surface area (Å²) in [6.45, 7) is 0.873. The summed E-state index contributed by atoms with van der Waals surface area (Å²) in [5.41, 5.74) is 2.03. The predicted octanol–water partition coefficient (Wildman–Crippen LogP) is 1.89. The average Bonchev–Trinajstić information content (AvgIpc) is 3.27. The highest BCUT2D eigenvalue weighted by molar-refractivity contribution is 5.77. The Labute approximate surface area is 179 Å². The molecule has 0 bridgehead atoms. The van der Waals surface area contributed by atoms with Crippen LogP contribution in [0.1, 0.15) is 22.7 Å². The highest BCUT2D eigenvalue weighted by Gasteiger charge is 2.38. The van der Waals surface area contributed by atoms with E-state index in [1.54, 1.807) is 29.2 Å². The Balaban J connectivity index is 1.49. The van der Waals surface area contributed by atoms with E-state index in [9.17, 15) is 22.8 Å². The summed E-state index contributed by atoms with van der Waals surface area (Å²) < 4.78 is 48.4. The zero-order valence-electron chi connectivity index (χ0n) is 16.9. The molecule has 4 rings (SSSR count). The van der Waals surface area contributed by atoms with Gasteiger partial charge in [-0.15, -0.1) is 0 Å². The summed E-state index contributed by atoms with van der Waals surface area (Å²) in [4.78, 5) is 34.2. The van der Waals surface area contributed by atoms with Crippen LogP contribution in [-0.2, 0) is 35.2 Å². The molecule has 9 nitrogen and oxygen atoms in total. The Hall–Kier alpha value is -3.54. The number of benzene rings is 1. The molecule has 1 aliphatic rings. The van der Waals surface area contributed by atoms with Gasteiger partial charge in [-0.2, -0.15) is 18.2 Å². The Morgan fingerprint density at radius 1 is 1.25 bits per heavy atom. The second-order valence-electron chi connectivity index (χ2n) is 7.22. The molecule has 0 saturated heterocycles. The van der Waals surface area contributed by atoms with E-state index in [-0.39, 0.29) is 37.0 Å². The van der Waals surface area contributed by atoms with Crippen molar-refractivity contribution in [1.82, 2.24) is 24.6 Å². The number of ether oxygens (including phenoxy) is 1. The molecule has 1 aliphatic heterocycles. The van der Waals surface area contributed by atoms with E-state index in [0.29, 0.717) is 29.8 Å². The van der Waals surface area contributed by atoms with Gasteiger partial charge < -0.3 is 14.2 Å². The van der Waals surface area contributed by atoms with E-state index in [2.05, 4.69) is 19.6 Å². The Morgan fingerprint density at radius 3 is 2.66 bits per heavy atom. The molecule has 0 atom stereocenters. The van der Waals surface area contributed by atoms with E-state index in [1.807, 2.05) is 0 Å². The Morgan fingerprint density at radius 2 is 2.00 bits per heavy atom. The number of nitrogens with zero attached hydrogens (tertiary/aromatic N) is 5. The average molecular weight is 449 g/mol. The van der Waals surface area contributed by atoms with E-state index < -0.39 is 12.1 Å². The predicted molar refractivity (Wildman–Crippen MR) is 103 cm³/mol. The summed E-state index contributed by atoms with van der Waals surface area (Å²) in [5, 5.41) is 3.35. The van der Waals surface area contributed by atoms with Crippen molar-refractivity contribution in [3.05, 3.63) is 63.7 Å². The fourth-order valence-electron chi connectivity index (χ4n) is 3.41. The first kappa shape index (κ1) is 21.7. The standard InChI is InChI=1S/C20H18F3N5O4/c1-31-10-16(29)27-7-6-14-15(9-27)24-11-28(18(14)30)8-12-2-4-13(5-3-12)17-25-19(32-26-17)20(21,22)23/h2-5,11H,6-10H2,1H3. The van der Waals surface area contributed by atoms with Crippen molar-refractivity contribution in [2.45, 2.75) is 25.7 Å². The molecule has 3 heterocycles. The maximum absolute atomic E-state index is 12.9. The number of carbonyl (C=O) groups is 1. The van der Waals surface area contributed by atoms with E-state index in [1.165, 1.54) is 18.0 Å². The highest BCUT2D eigenvalue weighted by Crippen LogP contribution is 2.29. The number of alkyl halides is 3. The van der Waals surface area contributed by atoms with Crippen LogP contribution in [0.4, 0.5) is 13.2 Å². The molecule has 0 fully saturated rings. The van der Waals surface area contributed by atoms with Gasteiger partial charge in [-0.05, 0) is 12.0 Å². The third-order valence-electron chi connectivity index (χ3n) is 5.05. The van der Waals surface area contributed by atoms with Crippen LogP contribution in [0.15, 0.2) is 39.9 Å². The molecule has 0 unspecified atom stereocenters. The summed E-state index contributed by atoms with van der Waals surface area (Å²) in [6, 6.07) is 6.43. The fraction of sp³-hybridized carbons (Fsp3) is 0.350. The minimum Gasteiger partial charge on any atom is -0.375 e. The molecule has 1 aromatic carbocycles. The first-order valence-corrected chi connectivity index (χ1v) is 9.60. The van der Waals surface area contributed by atoms with Gasteiger partial charge in [-0.25, -0.2) is 4.98 Å². The molecule has 32 heavy (non-hydrogen) atoms. The topological polar surface area (TPSA) is 103 Å². The summed E-state index contributed by atoms with van der Waals surface area (Å²) in [6.07, 6.45) is -2.89. The van der Waals surface area contributed by atoms with Crippen molar-refractivity contribution in [2.75, 3.05) is 20.3 Å². The smallest absolute Gasteiger partial charge is 0.375 e. The van der Waals surface area contributed by atoms with Crippen LogP contribution >= 0.6 is 0 Å². The van der Waals surface area contributed by atoms with Crippen LogP contribution in [0.2, 0.25) is 0 Å². The van der Waals surface area contributed by atoms with Crippen LogP contribution in [0.5, 0.6) is 0 Å². The maximum Gasteiger partial charge on any atom is 0.471 e. The lowest BCUT2D eigenvalue weighted by atomic mass is 10.1. The molecule has 0 radical (unpaired) electrons. The number of methoxy groups -OCH3 is 1. The third kappa shape index (κ3) is 4.40. The molecule has 12 heteroatoms. The zero-order chi connectivity index (χ0) is 22.9. The maximum atomic E-state index is 12.9. The van der Waals surface area contributed by atoms with Crippen LogP contribution in [0.25, 0.3) is 11.4 Å². The lowest BCUT2D eigenvalue weighted by Gasteiger charge is -2.27. The van der Waals surface area contributed by atoms with Crippen LogP contribution in [0, 0.1) is 0 Å². The number of aromatic nitrogens is 4. The Kier molecular flexibility index (Phi) is 5.78. The molecule has 0 spiro atoms. The van der Waals surface area contributed by atoms with Crippen LogP contribution in [0.3, 0.4) is 0 Å². The van der Waals surface area contributed by atoms with Crippen molar-refractivity contribution >= 4 is 5.91 Å². The lowest BCUT2D eigenvalue weighted by Crippen LogP contribution is -2.41. The number of rotatable bonds is 5. The summed E-state index contributed by atoms with van der Waals surface area (Å²) >= 11 is 0. The quantitative estimate of drug-likeness (QED) is 0.586. The highest BCUT2D eigenvalue weighted by atomic mass is 19.4. The largest absolute Gasteiger partial charge is 0.471 e. The van der Waals surface area contributed by atoms with E-state index >= 15 is 0 Å². The van der Waals surface area contributed by atoms with Gasteiger partial charge >= 0.3 is 12.1 Å². The van der Waals surface area contributed by atoms with E-state index in [0.717, 1.165) is 5.56 Å². The van der Waals surface area contributed by atoms with Gasteiger partial charge in [-0.3, -0.25) is 14.2 Å². The van der Waals surface area contributed by atoms with Gasteiger partial charge in [0.05, 0.1) is 25.1 Å². The van der Waals surface area contributed by atoms with Gasteiger partial charge in [0.15, 0.2) is 0 Å². The van der Waals surface area contributed by atoms with Crippen molar-refractivity contribution in [3.8, 4) is 11.4 Å². The van der Waals surface area contributed by atoms with Gasteiger partial charge in [0.25, 0.3) is 5.56 Å². The lowest BCUT2D eigenvalue weighted by molar-refractivity contribution is -0.159. The number of hydrogen-bond acceptors (Lipinski definition) is 7. The molecule has 3 aromatic rings. The molecule has 0 aliphatic carbocycles. The van der Waals surface area contributed by atoms with Gasteiger partial charge in [0, 0.05) is 24.8 Å². The molecule has 0 saturated carbocycles. The molecular weight excluding hydrogens is 431 g/mol. The summed E-state index contributed by atoms with van der Waals surface area (Å²) in [7, 11) is 1.45. The molecule has 2 aromatic heterocycles. The number of amides is 1. The van der Waals surface area contributed by atoms with Gasteiger partial charge in [0.1, 0.15) is 6.61 Å².